The Labute approximate surface area is 80.4 Å². The number of allylic oxidation sites excluding steroid dienone is 2. The molecule has 0 aliphatic rings. The standard InChI is InChI=1S/C10H19N3/c1-5-8(2)6-10(13-4)9(11)7-12-3/h5-7,10,12-13H,1,11H2,2-4H3/b8-6-,9-7-. The van der Waals surface area contributed by atoms with Crippen molar-refractivity contribution in [2.75, 3.05) is 14.1 Å². The summed E-state index contributed by atoms with van der Waals surface area (Å²) in [4.78, 5) is 0. The number of hydrogen-bond acceptors (Lipinski definition) is 3. The molecule has 0 aromatic rings. The van der Waals surface area contributed by atoms with Gasteiger partial charge in [0, 0.05) is 18.9 Å². The summed E-state index contributed by atoms with van der Waals surface area (Å²) in [5.74, 6) is 0. The Morgan fingerprint density at radius 1 is 1.46 bits per heavy atom. The van der Waals surface area contributed by atoms with Crippen molar-refractivity contribution in [1.82, 2.24) is 10.6 Å². The first-order valence-corrected chi connectivity index (χ1v) is 4.26. The van der Waals surface area contributed by atoms with Crippen LogP contribution in [0.2, 0.25) is 0 Å². The molecule has 0 bridgehead atoms. The van der Waals surface area contributed by atoms with Crippen LogP contribution < -0.4 is 16.4 Å². The summed E-state index contributed by atoms with van der Waals surface area (Å²) in [6, 6.07) is 0.0606. The van der Waals surface area contributed by atoms with E-state index in [1.165, 1.54) is 0 Å². The van der Waals surface area contributed by atoms with Gasteiger partial charge >= 0.3 is 0 Å². The molecule has 0 fully saturated rings. The molecule has 74 valence electrons. The van der Waals surface area contributed by atoms with Crippen LogP contribution in [0.4, 0.5) is 0 Å². The van der Waals surface area contributed by atoms with Crippen molar-refractivity contribution in [2.45, 2.75) is 13.0 Å². The minimum atomic E-state index is 0.0606. The molecule has 0 aliphatic heterocycles. The van der Waals surface area contributed by atoms with E-state index >= 15 is 0 Å². The van der Waals surface area contributed by atoms with Crippen molar-refractivity contribution in [2.24, 2.45) is 5.73 Å². The van der Waals surface area contributed by atoms with Gasteiger partial charge in [-0.2, -0.15) is 0 Å². The van der Waals surface area contributed by atoms with Crippen molar-refractivity contribution in [1.29, 1.82) is 0 Å². The van der Waals surface area contributed by atoms with Gasteiger partial charge in [0.25, 0.3) is 0 Å². The third-order valence-corrected chi connectivity index (χ3v) is 1.73. The fourth-order valence-corrected chi connectivity index (χ4v) is 0.934. The molecule has 0 saturated heterocycles. The van der Waals surface area contributed by atoms with E-state index in [4.69, 9.17) is 5.73 Å². The van der Waals surface area contributed by atoms with Gasteiger partial charge in [-0.25, -0.2) is 0 Å². The average molecular weight is 181 g/mol. The van der Waals surface area contributed by atoms with Crippen LogP contribution in [0.5, 0.6) is 0 Å². The summed E-state index contributed by atoms with van der Waals surface area (Å²) in [5.41, 5.74) is 7.66. The highest BCUT2D eigenvalue weighted by Gasteiger charge is 2.04. The van der Waals surface area contributed by atoms with Crippen molar-refractivity contribution in [3.8, 4) is 0 Å². The number of nitrogens with two attached hydrogens (primary N) is 1. The normalized spacial score (nSPS) is 15.3. The first-order chi connectivity index (χ1) is 6.15. The summed E-state index contributed by atoms with van der Waals surface area (Å²) >= 11 is 0. The predicted octanol–water partition coefficient (Wildman–Crippen LogP) is 0.726. The highest BCUT2D eigenvalue weighted by molar-refractivity contribution is 5.22. The van der Waals surface area contributed by atoms with Gasteiger partial charge in [-0.1, -0.05) is 24.3 Å². The minimum absolute atomic E-state index is 0.0606. The summed E-state index contributed by atoms with van der Waals surface area (Å²) < 4.78 is 0. The molecule has 0 saturated carbocycles. The molecule has 1 unspecified atom stereocenters. The Balaban J connectivity index is 4.51. The number of hydrogen-bond donors (Lipinski definition) is 3. The Kier molecular flexibility index (Phi) is 5.72. The summed E-state index contributed by atoms with van der Waals surface area (Å²) in [5, 5.41) is 5.99. The predicted molar refractivity (Wildman–Crippen MR) is 58.1 cm³/mol. The fourth-order valence-electron chi connectivity index (χ4n) is 0.934. The van der Waals surface area contributed by atoms with Gasteiger partial charge in [-0.15, -0.1) is 0 Å². The zero-order chi connectivity index (χ0) is 10.3. The first kappa shape index (κ1) is 11.8. The fraction of sp³-hybridized carbons (Fsp3) is 0.400. The van der Waals surface area contributed by atoms with Crippen LogP contribution >= 0.6 is 0 Å². The lowest BCUT2D eigenvalue weighted by molar-refractivity contribution is 0.733. The summed E-state index contributed by atoms with van der Waals surface area (Å²) in [6.45, 7) is 5.67. The van der Waals surface area contributed by atoms with Gasteiger partial charge in [0.2, 0.25) is 0 Å². The maximum absolute atomic E-state index is 5.80. The Morgan fingerprint density at radius 2 is 2.08 bits per heavy atom. The lowest BCUT2D eigenvalue weighted by Crippen LogP contribution is -2.30. The molecule has 0 aromatic heterocycles. The molecule has 4 N–H and O–H groups in total. The highest BCUT2D eigenvalue weighted by atomic mass is 14.9. The van der Waals surface area contributed by atoms with Crippen LogP contribution in [0, 0.1) is 0 Å². The molecular formula is C10H19N3. The third kappa shape index (κ3) is 4.38. The van der Waals surface area contributed by atoms with Crippen molar-refractivity contribution in [3.05, 3.63) is 36.2 Å². The minimum Gasteiger partial charge on any atom is -0.399 e. The number of nitrogens with one attached hydrogen (secondary N) is 2. The molecule has 1 atom stereocenters. The van der Waals surface area contributed by atoms with E-state index in [9.17, 15) is 0 Å². The van der Waals surface area contributed by atoms with E-state index in [-0.39, 0.29) is 6.04 Å². The first-order valence-electron chi connectivity index (χ1n) is 4.26. The number of likely N-dealkylation sites (N-methyl/N-ethyl adjacent to an activating group) is 1. The molecule has 0 radical (unpaired) electrons. The molecule has 0 rings (SSSR count). The van der Waals surface area contributed by atoms with Gasteiger partial charge in [0.05, 0.1) is 6.04 Å². The van der Waals surface area contributed by atoms with Gasteiger partial charge < -0.3 is 16.4 Å². The van der Waals surface area contributed by atoms with Crippen molar-refractivity contribution in [3.63, 3.8) is 0 Å². The Morgan fingerprint density at radius 3 is 2.46 bits per heavy atom. The van der Waals surface area contributed by atoms with E-state index in [2.05, 4.69) is 17.2 Å². The third-order valence-electron chi connectivity index (χ3n) is 1.73. The monoisotopic (exact) mass is 181 g/mol. The number of rotatable bonds is 5. The quantitative estimate of drug-likeness (QED) is 0.548. The molecule has 3 heteroatoms. The van der Waals surface area contributed by atoms with Crippen molar-refractivity contribution < 1.29 is 0 Å². The van der Waals surface area contributed by atoms with E-state index in [1.54, 1.807) is 12.3 Å². The van der Waals surface area contributed by atoms with Crippen LogP contribution in [0.25, 0.3) is 0 Å². The Bertz CT molecular complexity index is 216. The summed E-state index contributed by atoms with van der Waals surface area (Å²) in [7, 11) is 3.69. The van der Waals surface area contributed by atoms with Crippen LogP contribution in [0.1, 0.15) is 6.92 Å². The van der Waals surface area contributed by atoms with Gasteiger partial charge in [0.15, 0.2) is 0 Å². The highest BCUT2D eigenvalue weighted by Crippen LogP contribution is 2.01. The second kappa shape index (κ2) is 6.31. The zero-order valence-corrected chi connectivity index (χ0v) is 8.59. The molecule has 0 spiro atoms. The largest absolute Gasteiger partial charge is 0.399 e. The molecule has 0 heterocycles. The molecular weight excluding hydrogens is 162 g/mol. The van der Waals surface area contributed by atoms with Crippen LogP contribution in [0.15, 0.2) is 36.2 Å². The molecule has 0 aliphatic carbocycles. The molecule has 3 nitrogen and oxygen atoms in total. The van der Waals surface area contributed by atoms with Gasteiger partial charge in [0.1, 0.15) is 0 Å². The van der Waals surface area contributed by atoms with Crippen molar-refractivity contribution >= 4 is 0 Å². The zero-order valence-electron chi connectivity index (χ0n) is 8.59. The van der Waals surface area contributed by atoms with E-state index < -0.39 is 0 Å². The second-order valence-corrected chi connectivity index (χ2v) is 2.81. The van der Waals surface area contributed by atoms with E-state index in [1.807, 2.05) is 27.1 Å². The lowest BCUT2D eigenvalue weighted by atomic mass is 10.1. The lowest BCUT2D eigenvalue weighted by Gasteiger charge is -2.12. The average Bonchev–Trinajstić information content (AvgIpc) is 2.14. The van der Waals surface area contributed by atoms with E-state index in [0.717, 1.165) is 11.3 Å². The van der Waals surface area contributed by atoms with Crippen LogP contribution in [-0.4, -0.2) is 20.1 Å². The van der Waals surface area contributed by atoms with Gasteiger partial charge in [-0.05, 0) is 14.0 Å². The summed E-state index contributed by atoms with van der Waals surface area (Å²) in [6.07, 6.45) is 5.60. The van der Waals surface area contributed by atoms with Gasteiger partial charge in [-0.3, -0.25) is 0 Å². The molecule has 0 amide bonds. The second-order valence-electron chi connectivity index (χ2n) is 2.81. The molecule has 0 aromatic carbocycles. The maximum atomic E-state index is 5.80. The SMILES string of the molecule is C=C/C(C)=C\C(NC)/C(N)=C/NC. The topological polar surface area (TPSA) is 50.1 Å². The Hall–Kier alpha value is -1.22. The van der Waals surface area contributed by atoms with Crippen LogP contribution in [0.3, 0.4) is 0 Å². The maximum Gasteiger partial charge on any atom is 0.0671 e. The smallest absolute Gasteiger partial charge is 0.0671 e. The van der Waals surface area contributed by atoms with Crippen LogP contribution in [-0.2, 0) is 0 Å². The van der Waals surface area contributed by atoms with E-state index in [0.29, 0.717) is 0 Å². The molecule has 13 heavy (non-hydrogen) atoms.